The number of pyridine rings is 2. The van der Waals surface area contributed by atoms with Crippen molar-refractivity contribution in [1.82, 2.24) is 24.4 Å². The van der Waals surface area contributed by atoms with Gasteiger partial charge in [-0.05, 0) is 44.0 Å². The third kappa shape index (κ3) is 5.00. The van der Waals surface area contributed by atoms with Crippen LogP contribution in [0.15, 0.2) is 60.0 Å². The van der Waals surface area contributed by atoms with Crippen molar-refractivity contribution in [1.29, 1.82) is 0 Å². The maximum absolute atomic E-state index is 15.1. The second kappa shape index (κ2) is 11.5. The molecule has 0 unspecified atom stereocenters. The van der Waals surface area contributed by atoms with Crippen molar-refractivity contribution in [2.75, 3.05) is 25.1 Å². The normalized spacial score (nSPS) is 17.1. The lowest BCUT2D eigenvalue weighted by atomic mass is 10.0. The van der Waals surface area contributed by atoms with Crippen LogP contribution in [0.3, 0.4) is 0 Å². The number of benzene rings is 1. The number of amides is 1. The van der Waals surface area contributed by atoms with Gasteiger partial charge in [0.15, 0.2) is 5.65 Å². The van der Waals surface area contributed by atoms with Gasteiger partial charge in [0.2, 0.25) is 11.8 Å². The van der Waals surface area contributed by atoms with E-state index < -0.39 is 11.5 Å². The molecule has 1 saturated heterocycles. The van der Waals surface area contributed by atoms with Crippen molar-refractivity contribution in [2.45, 2.75) is 45.7 Å². The van der Waals surface area contributed by atoms with Gasteiger partial charge < -0.3 is 14.5 Å². The van der Waals surface area contributed by atoms with Crippen LogP contribution < -0.4 is 15.3 Å². The zero-order valence-corrected chi connectivity index (χ0v) is 24.9. The monoisotopic (exact) mass is 590 g/mol. The van der Waals surface area contributed by atoms with Crippen molar-refractivity contribution in [3.8, 4) is 22.7 Å². The molecule has 4 aromatic rings. The molecule has 4 heterocycles. The molecule has 1 fully saturated rings. The van der Waals surface area contributed by atoms with Crippen molar-refractivity contribution >= 4 is 34.4 Å². The maximum Gasteiger partial charge on any atom is 0.355 e. The Labute approximate surface area is 248 Å². The molecule has 1 aliphatic rings. The molecule has 1 amide bonds. The number of ether oxygens (including phenoxy) is 1. The van der Waals surface area contributed by atoms with Gasteiger partial charge in [-0.2, -0.15) is 9.97 Å². The van der Waals surface area contributed by atoms with Crippen LogP contribution in [0.2, 0.25) is 5.02 Å². The Morgan fingerprint density at radius 1 is 1.14 bits per heavy atom. The Balaban J connectivity index is 1.85. The van der Waals surface area contributed by atoms with Gasteiger partial charge in [-0.25, -0.2) is 13.8 Å². The van der Waals surface area contributed by atoms with E-state index in [9.17, 15) is 9.59 Å². The van der Waals surface area contributed by atoms with Crippen molar-refractivity contribution in [3.05, 3.63) is 82.3 Å². The Morgan fingerprint density at radius 3 is 2.55 bits per heavy atom. The molecule has 11 heteroatoms. The lowest BCUT2D eigenvalue weighted by Crippen LogP contribution is -2.58. The van der Waals surface area contributed by atoms with Crippen molar-refractivity contribution in [2.24, 2.45) is 0 Å². The molecule has 9 nitrogen and oxygen atoms in total. The number of anilines is 1. The summed E-state index contributed by atoms with van der Waals surface area (Å²) in [6.07, 6.45) is 2.89. The number of aromatic nitrogens is 4. The fourth-order valence-corrected chi connectivity index (χ4v) is 5.74. The molecule has 0 spiro atoms. The Kier molecular flexibility index (Phi) is 8.01. The summed E-state index contributed by atoms with van der Waals surface area (Å²) < 4.78 is 22.1. The lowest BCUT2D eigenvalue weighted by molar-refractivity contribution is -0.128. The summed E-state index contributed by atoms with van der Waals surface area (Å²) in [6.45, 7) is 12.2. The molecule has 1 aromatic carbocycles. The summed E-state index contributed by atoms with van der Waals surface area (Å²) in [5.74, 6) is -0.183. The second-order valence-corrected chi connectivity index (χ2v) is 11.1. The van der Waals surface area contributed by atoms with Crippen LogP contribution in [0.25, 0.3) is 27.8 Å². The van der Waals surface area contributed by atoms with E-state index >= 15 is 4.39 Å². The predicted molar refractivity (Wildman–Crippen MR) is 162 cm³/mol. The minimum atomic E-state index is -0.605. The molecular formula is C31H32ClFN6O3. The molecule has 0 radical (unpaired) electrons. The number of nitrogens with zero attached hydrogens (tertiary/aromatic N) is 6. The molecule has 0 bridgehead atoms. The number of rotatable bonds is 6. The highest BCUT2D eigenvalue weighted by molar-refractivity contribution is 6.32. The summed E-state index contributed by atoms with van der Waals surface area (Å²) in [4.78, 5) is 44.1. The number of hydrogen-bond donors (Lipinski definition) is 0. The molecule has 0 saturated carbocycles. The van der Waals surface area contributed by atoms with E-state index in [2.05, 4.69) is 16.5 Å². The fourth-order valence-electron chi connectivity index (χ4n) is 5.50. The highest BCUT2D eigenvalue weighted by Crippen LogP contribution is 2.38. The molecule has 0 N–H and O–H groups in total. The first-order valence-electron chi connectivity index (χ1n) is 13.7. The molecular weight excluding hydrogens is 559 g/mol. The Bertz CT molecular complexity index is 1760. The van der Waals surface area contributed by atoms with Gasteiger partial charge in [0.05, 0.1) is 28.9 Å². The van der Waals surface area contributed by atoms with E-state index in [1.165, 1.54) is 23.8 Å². The van der Waals surface area contributed by atoms with Crippen LogP contribution in [0.5, 0.6) is 5.88 Å². The quantitative estimate of drug-likeness (QED) is 0.278. The average molecular weight is 591 g/mol. The van der Waals surface area contributed by atoms with Gasteiger partial charge in [0, 0.05) is 42.5 Å². The number of hydrogen-bond acceptors (Lipinski definition) is 7. The molecule has 1 aliphatic heterocycles. The SMILES string of the molecule is C=CC(=O)N1C[C@H](C)N(c2nc(=O)n(-c3c(Cl)ccnc3C(C)C)c3nc(OC)c(-c4ccccc4F)cc23)C[C@H]1C. The summed E-state index contributed by atoms with van der Waals surface area (Å²) in [5, 5.41) is 0.801. The molecule has 218 valence electrons. The summed E-state index contributed by atoms with van der Waals surface area (Å²) >= 11 is 6.70. The van der Waals surface area contributed by atoms with E-state index in [0.29, 0.717) is 46.3 Å². The first kappa shape index (κ1) is 29.2. The van der Waals surface area contributed by atoms with Gasteiger partial charge in [-0.1, -0.05) is 50.2 Å². The second-order valence-electron chi connectivity index (χ2n) is 10.7. The van der Waals surface area contributed by atoms with Crippen molar-refractivity contribution < 1.29 is 13.9 Å². The molecule has 42 heavy (non-hydrogen) atoms. The van der Waals surface area contributed by atoms with Crippen LogP contribution in [-0.4, -0.2) is 62.6 Å². The number of piperazine rings is 1. The van der Waals surface area contributed by atoms with E-state index in [1.807, 2.05) is 32.6 Å². The third-order valence-corrected chi connectivity index (χ3v) is 7.86. The largest absolute Gasteiger partial charge is 0.480 e. The first-order chi connectivity index (χ1) is 20.1. The first-order valence-corrected chi connectivity index (χ1v) is 14.1. The predicted octanol–water partition coefficient (Wildman–Crippen LogP) is 5.38. The fraction of sp³-hybridized carbons (Fsp3) is 0.323. The minimum Gasteiger partial charge on any atom is -0.480 e. The maximum atomic E-state index is 15.1. The minimum absolute atomic E-state index is 0.0729. The number of halogens is 2. The summed E-state index contributed by atoms with van der Waals surface area (Å²) in [6, 6.07) is 9.30. The number of fused-ring (bicyclic) bond motifs is 1. The average Bonchev–Trinajstić information content (AvgIpc) is 2.97. The molecule has 2 atom stereocenters. The smallest absolute Gasteiger partial charge is 0.355 e. The van der Waals surface area contributed by atoms with E-state index in [4.69, 9.17) is 21.3 Å². The summed E-state index contributed by atoms with van der Waals surface area (Å²) in [5.41, 5.74) is 1.30. The van der Waals surface area contributed by atoms with Gasteiger partial charge in [0.1, 0.15) is 11.6 Å². The number of carbonyl (C=O) groups excluding carboxylic acids is 1. The molecule has 5 rings (SSSR count). The summed E-state index contributed by atoms with van der Waals surface area (Å²) in [7, 11) is 1.44. The lowest BCUT2D eigenvalue weighted by Gasteiger charge is -2.44. The van der Waals surface area contributed by atoms with Crippen molar-refractivity contribution in [3.63, 3.8) is 0 Å². The Morgan fingerprint density at radius 2 is 1.88 bits per heavy atom. The Hall–Kier alpha value is -4.31. The van der Waals surface area contributed by atoms with Crippen LogP contribution in [0, 0.1) is 5.82 Å². The molecule has 0 aliphatic carbocycles. The van der Waals surface area contributed by atoms with Gasteiger partial charge >= 0.3 is 5.69 Å². The molecule has 3 aromatic heterocycles. The van der Waals surface area contributed by atoms with E-state index in [1.54, 1.807) is 41.4 Å². The highest BCUT2D eigenvalue weighted by atomic mass is 35.5. The van der Waals surface area contributed by atoms with Gasteiger partial charge in [-0.3, -0.25) is 9.78 Å². The van der Waals surface area contributed by atoms with Crippen LogP contribution in [-0.2, 0) is 4.79 Å². The zero-order valence-electron chi connectivity index (χ0n) is 24.1. The van der Waals surface area contributed by atoms with Gasteiger partial charge in [0.25, 0.3) is 0 Å². The number of carbonyl (C=O) groups is 1. The van der Waals surface area contributed by atoms with Crippen LogP contribution in [0.1, 0.15) is 39.3 Å². The topological polar surface area (TPSA) is 93.5 Å². The van der Waals surface area contributed by atoms with E-state index in [-0.39, 0.29) is 41.0 Å². The van der Waals surface area contributed by atoms with Gasteiger partial charge in [-0.15, -0.1) is 0 Å². The van der Waals surface area contributed by atoms with Crippen LogP contribution in [0.4, 0.5) is 10.2 Å². The zero-order chi connectivity index (χ0) is 30.3. The highest BCUT2D eigenvalue weighted by Gasteiger charge is 2.34. The van der Waals surface area contributed by atoms with Crippen LogP contribution >= 0.6 is 11.6 Å². The van der Waals surface area contributed by atoms with E-state index in [0.717, 1.165) is 0 Å². The standard InChI is InChI=1S/C31H32ClFN6O3/c1-7-25(40)37-15-19(5)38(16-18(37)4)28-22-14-21(20-10-8-9-11-24(20)33)30(42-6)35-29(22)39(31(41)36-28)27-23(32)12-13-34-26(27)17(2)3/h7-14,17-19H,1,15-16H2,2-6H3/t18-,19+/m1/s1. The third-order valence-electron chi connectivity index (χ3n) is 7.56. The number of methoxy groups -OCH3 is 1.